The van der Waals surface area contributed by atoms with Gasteiger partial charge in [-0.2, -0.15) is 0 Å². The lowest BCUT2D eigenvalue weighted by Crippen LogP contribution is -2.31. The highest BCUT2D eigenvalue weighted by molar-refractivity contribution is 5.29. The van der Waals surface area contributed by atoms with E-state index in [4.69, 9.17) is 4.74 Å². The summed E-state index contributed by atoms with van der Waals surface area (Å²) in [5.41, 5.74) is 1.53. The van der Waals surface area contributed by atoms with Crippen LogP contribution in [0.5, 0.6) is 5.75 Å². The molecule has 0 radical (unpaired) electrons. The van der Waals surface area contributed by atoms with Crippen LogP contribution in [0, 0.1) is 23.7 Å². The summed E-state index contributed by atoms with van der Waals surface area (Å²) in [6.45, 7) is 7.88. The molecule has 1 heteroatoms. The third kappa shape index (κ3) is 5.05. The fourth-order valence-electron chi connectivity index (χ4n) is 5.84. The SMILES string of the molecule is CCCOc1ccc(C2CCC(C3CCC(CCC)CC3C)CC2)cc1. The molecule has 2 aliphatic carbocycles. The van der Waals surface area contributed by atoms with Gasteiger partial charge < -0.3 is 4.74 Å². The van der Waals surface area contributed by atoms with E-state index >= 15 is 0 Å². The lowest BCUT2D eigenvalue weighted by atomic mass is 9.64. The van der Waals surface area contributed by atoms with Gasteiger partial charge in [-0.25, -0.2) is 0 Å². The Balaban J connectivity index is 1.48. The third-order valence-corrected chi connectivity index (χ3v) is 7.24. The summed E-state index contributed by atoms with van der Waals surface area (Å²) in [4.78, 5) is 0. The van der Waals surface area contributed by atoms with E-state index in [1.807, 2.05) is 0 Å². The highest BCUT2D eigenvalue weighted by Crippen LogP contribution is 2.46. The van der Waals surface area contributed by atoms with Gasteiger partial charge in [0.15, 0.2) is 0 Å². The maximum Gasteiger partial charge on any atom is 0.119 e. The van der Waals surface area contributed by atoms with Crippen LogP contribution in [0.1, 0.15) is 96.5 Å². The van der Waals surface area contributed by atoms with Gasteiger partial charge in [-0.05, 0) is 92.2 Å². The lowest BCUT2D eigenvalue weighted by molar-refractivity contribution is 0.102. The molecular formula is C25H40O. The molecule has 2 fully saturated rings. The molecule has 2 aliphatic rings. The van der Waals surface area contributed by atoms with Gasteiger partial charge in [0.25, 0.3) is 0 Å². The zero-order valence-corrected chi connectivity index (χ0v) is 17.4. The Hall–Kier alpha value is -0.980. The average molecular weight is 357 g/mol. The molecule has 0 aromatic heterocycles. The second-order valence-electron chi connectivity index (χ2n) is 9.14. The second-order valence-corrected chi connectivity index (χ2v) is 9.14. The smallest absolute Gasteiger partial charge is 0.119 e. The minimum Gasteiger partial charge on any atom is -0.494 e. The maximum atomic E-state index is 5.73. The first-order valence-corrected chi connectivity index (χ1v) is 11.4. The molecule has 146 valence electrons. The molecule has 2 saturated carbocycles. The summed E-state index contributed by atoms with van der Waals surface area (Å²) >= 11 is 0. The van der Waals surface area contributed by atoms with Gasteiger partial charge in [0.05, 0.1) is 6.61 Å². The summed E-state index contributed by atoms with van der Waals surface area (Å²) in [7, 11) is 0. The first-order chi connectivity index (χ1) is 12.7. The molecule has 0 amide bonds. The second kappa shape index (κ2) is 9.81. The third-order valence-electron chi connectivity index (χ3n) is 7.24. The Morgan fingerprint density at radius 3 is 2.23 bits per heavy atom. The predicted octanol–water partition coefficient (Wildman–Crippen LogP) is 7.60. The van der Waals surface area contributed by atoms with Crippen LogP contribution in [0.25, 0.3) is 0 Å². The van der Waals surface area contributed by atoms with E-state index in [-0.39, 0.29) is 0 Å². The Kier molecular flexibility index (Phi) is 7.46. The Morgan fingerprint density at radius 2 is 1.62 bits per heavy atom. The zero-order valence-electron chi connectivity index (χ0n) is 17.4. The van der Waals surface area contributed by atoms with E-state index in [1.54, 1.807) is 0 Å². The van der Waals surface area contributed by atoms with Gasteiger partial charge in [-0.15, -0.1) is 0 Å². The number of benzene rings is 1. The van der Waals surface area contributed by atoms with Crippen molar-refractivity contribution < 1.29 is 4.74 Å². The van der Waals surface area contributed by atoms with E-state index < -0.39 is 0 Å². The lowest BCUT2D eigenvalue weighted by Gasteiger charge is -2.42. The monoisotopic (exact) mass is 356 g/mol. The molecule has 3 rings (SSSR count). The molecule has 1 aromatic rings. The Morgan fingerprint density at radius 1 is 0.885 bits per heavy atom. The molecule has 26 heavy (non-hydrogen) atoms. The van der Waals surface area contributed by atoms with Gasteiger partial charge >= 0.3 is 0 Å². The van der Waals surface area contributed by atoms with Crippen LogP contribution in [-0.2, 0) is 0 Å². The van der Waals surface area contributed by atoms with Crippen LogP contribution in [-0.4, -0.2) is 6.61 Å². The average Bonchev–Trinajstić information content (AvgIpc) is 2.67. The summed E-state index contributed by atoms with van der Waals surface area (Å²) in [5, 5.41) is 0. The van der Waals surface area contributed by atoms with Gasteiger partial charge in [0.2, 0.25) is 0 Å². The Labute approximate surface area is 161 Å². The van der Waals surface area contributed by atoms with Crippen LogP contribution >= 0.6 is 0 Å². The van der Waals surface area contributed by atoms with E-state index in [1.165, 1.54) is 63.4 Å². The molecule has 1 nitrogen and oxygen atoms in total. The highest BCUT2D eigenvalue weighted by atomic mass is 16.5. The number of rotatable bonds is 7. The standard InChI is InChI=1S/C25H40O/c1-4-6-20-7-16-25(19(3)18-20)23-10-8-21(9-11-23)22-12-14-24(15-13-22)26-17-5-2/h12-15,19-21,23,25H,4-11,16-18H2,1-3H3. The molecule has 0 spiro atoms. The van der Waals surface area contributed by atoms with Gasteiger partial charge in [0.1, 0.15) is 5.75 Å². The van der Waals surface area contributed by atoms with Crippen molar-refractivity contribution >= 4 is 0 Å². The van der Waals surface area contributed by atoms with Crippen molar-refractivity contribution in [1.29, 1.82) is 0 Å². The number of hydrogen-bond acceptors (Lipinski definition) is 1. The summed E-state index contributed by atoms with van der Waals surface area (Å²) < 4.78 is 5.73. The molecular weight excluding hydrogens is 316 g/mol. The first-order valence-electron chi connectivity index (χ1n) is 11.4. The number of ether oxygens (including phenoxy) is 1. The quantitative estimate of drug-likeness (QED) is 0.488. The minimum atomic E-state index is 0.776. The van der Waals surface area contributed by atoms with Crippen LogP contribution in [0.3, 0.4) is 0 Å². The zero-order chi connectivity index (χ0) is 18.4. The minimum absolute atomic E-state index is 0.776. The van der Waals surface area contributed by atoms with Crippen molar-refractivity contribution in [1.82, 2.24) is 0 Å². The van der Waals surface area contributed by atoms with Crippen molar-refractivity contribution in [3.63, 3.8) is 0 Å². The van der Waals surface area contributed by atoms with Crippen LogP contribution < -0.4 is 4.74 Å². The molecule has 0 aliphatic heterocycles. The predicted molar refractivity (Wildman–Crippen MR) is 112 cm³/mol. The van der Waals surface area contributed by atoms with E-state index in [0.29, 0.717) is 0 Å². The molecule has 0 heterocycles. The summed E-state index contributed by atoms with van der Waals surface area (Å²) in [6, 6.07) is 8.98. The molecule has 3 atom stereocenters. The molecule has 0 bridgehead atoms. The Bertz CT molecular complexity index is 511. The van der Waals surface area contributed by atoms with Gasteiger partial charge in [-0.3, -0.25) is 0 Å². The topological polar surface area (TPSA) is 9.23 Å². The van der Waals surface area contributed by atoms with Crippen molar-refractivity contribution in [3.8, 4) is 5.75 Å². The van der Waals surface area contributed by atoms with E-state index in [0.717, 1.165) is 48.4 Å². The number of hydrogen-bond donors (Lipinski definition) is 0. The van der Waals surface area contributed by atoms with Crippen molar-refractivity contribution in [2.75, 3.05) is 6.61 Å². The van der Waals surface area contributed by atoms with E-state index in [2.05, 4.69) is 45.0 Å². The fraction of sp³-hybridized carbons (Fsp3) is 0.760. The molecule has 0 N–H and O–H groups in total. The van der Waals surface area contributed by atoms with Crippen molar-refractivity contribution in [2.45, 2.75) is 90.9 Å². The normalized spacial score (nSPS) is 32.3. The maximum absolute atomic E-state index is 5.73. The molecule has 3 unspecified atom stereocenters. The highest BCUT2D eigenvalue weighted by Gasteiger charge is 2.34. The van der Waals surface area contributed by atoms with Crippen LogP contribution in [0.2, 0.25) is 0 Å². The molecule has 1 aromatic carbocycles. The van der Waals surface area contributed by atoms with Crippen molar-refractivity contribution in [2.24, 2.45) is 23.7 Å². The van der Waals surface area contributed by atoms with Crippen LogP contribution in [0.15, 0.2) is 24.3 Å². The van der Waals surface area contributed by atoms with Crippen molar-refractivity contribution in [3.05, 3.63) is 29.8 Å². The largest absolute Gasteiger partial charge is 0.494 e. The van der Waals surface area contributed by atoms with Gasteiger partial charge in [-0.1, -0.05) is 52.2 Å². The van der Waals surface area contributed by atoms with E-state index in [9.17, 15) is 0 Å². The van der Waals surface area contributed by atoms with Gasteiger partial charge in [0, 0.05) is 0 Å². The summed E-state index contributed by atoms with van der Waals surface area (Å²) in [6.07, 6.45) is 14.1. The van der Waals surface area contributed by atoms with Crippen LogP contribution in [0.4, 0.5) is 0 Å². The fourth-order valence-corrected chi connectivity index (χ4v) is 5.84. The summed E-state index contributed by atoms with van der Waals surface area (Å²) in [5.74, 6) is 5.79. The first kappa shape index (κ1) is 19.8. The molecule has 0 saturated heterocycles.